The molecular weight excluding hydrogens is 264 g/mol. The standard InChI is InChI=1S/C22H14/c1-2-9-19-15(5-1)6-4-10-20(19)21-12-11-18-13-16-7-3-8-17(16)14-22(18)21/h1-14H. The maximum absolute atomic E-state index is 2.32. The van der Waals surface area contributed by atoms with Gasteiger partial charge in [0.2, 0.25) is 0 Å². The van der Waals surface area contributed by atoms with Gasteiger partial charge in [-0.1, -0.05) is 72.8 Å². The van der Waals surface area contributed by atoms with Gasteiger partial charge in [0.25, 0.3) is 0 Å². The zero-order valence-corrected chi connectivity index (χ0v) is 12.1. The van der Waals surface area contributed by atoms with Crippen LogP contribution in [0.1, 0.15) is 16.7 Å². The Bertz CT molecular complexity index is 1100. The molecule has 3 aromatic carbocycles. The molecule has 0 aliphatic heterocycles. The van der Waals surface area contributed by atoms with Crippen LogP contribution in [-0.2, 0) is 0 Å². The van der Waals surface area contributed by atoms with E-state index in [0.717, 1.165) is 0 Å². The van der Waals surface area contributed by atoms with E-state index in [1.54, 1.807) is 0 Å². The van der Waals surface area contributed by atoms with E-state index in [1.165, 1.54) is 43.5 Å². The van der Waals surface area contributed by atoms with Crippen molar-refractivity contribution in [2.45, 2.75) is 0 Å². The average molecular weight is 278 g/mol. The predicted octanol–water partition coefficient (Wildman–Crippen LogP) is 3.87. The van der Waals surface area contributed by atoms with Crippen LogP contribution < -0.4 is 10.4 Å². The highest BCUT2D eigenvalue weighted by Crippen LogP contribution is 2.30. The van der Waals surface area contributed by atoms with Crippen molar-refractivity contribution in [2.24, 2.45) is 0 Å². The molecule has 0 radical (unpaired) electrons. The number of hydrogen-bond donors (Lipinski definition) is 0. The van der Waals surface area contributed by atoms with Crippen LogP contribution in [0.5, 0.6) is 0 Å². The van der Waals surface area contributed by atoms with Crippen LogP contribution in [0.2, 0.25) is 0 Å². The topological polar surface area (TPSA) is 0 Å². The van der Waals surface area contributed by atoms with Crippen LogP contribution in [-0.4, -0.2) is 0 Å². The lowest BCUT2D eigenvalue weighted by Gasteiger charge is -2.10. The molecule has 0 atom stereocenters. The van der Waals surface area contributed by atoms with E-state index in [4.69, 9.17) is 0 Å². The summed E-state index contributed by atoms with van der Waals surface area (Å²) < 4.78 is 0. The highest BCUT2D eigenvalue weighted by Gasteiger charge is 2.14. The predicted molar refractivity (Wildman–Crippen MR) is 94.7 cm³/mol. The first-order chi connectivity index (χ1) is 10.9. The van der Waals surface area contributed by atoms with Gasteiger partial charge in [-0.05, 0) is 55.6 Å². The Morgan fingerprint density at radius 3 is 2.55 bits per heavy atom. The molecule has 5 rings (SSSR count). The molecule has 0 bridgehead atoms. The molecule has 2 aliphatic carbocycles. The molecule has 2 aliphatic rings. The van der Waals surface area contributed by atoms with Gasteiger partial charge in [-0.3, -0.25) is 0 Å². The molecule has 0 N–H and O–H groups in total. The third kappa shape index (κ3) is 1.58. The summed E-state index contributed by atoms with van der Waals surface area (Å²) in [5.41, 5.74) is 5.31. The van der Waals surface area contributed by atoms with Crippen LogP contribution in [0.25, 0.3) is 34.6 Å². The summed E-state index contributed by atoms with van der Waals surface area (Å²) in [5.74, 6) is 0. The van der Waals surface area contributed by atoms with Gasteiger partial charge in [-0.15, -0.1) is 0 Å². The lowest BCUT2D eigenvalue weighted by molar-refractivity contribution is 1.48. The van der Waals surface area contributed by atoms with Crippen LogP contribution in [0.4, 0.5) is 0 Å². The first-order valence-corrected chi connectivity index (χ1v) is 7.63. The molecular formula is C22H14. The fourth-order valence-corrected chi connectivity index (χ4v) is 3.52. The first-order valence-electron chi connectivity index (χ1n) is 7.63. The van der Waals surface area contributed by atoms with E-state index in [-0.39, 0.29) is 0 Å². The monoisotopic (exact) mass is 278 g/mol. The Kier molecular flexibility index (Phi) is 2.31. The molecule has 0 unspecified atom stereocenters. The molecule has 0 fully saturated rings. The van der Waals surface area contributed by atoms with E-state index >= 15 is 0 Å². The third-order valence-electron chi connectivity index (χ3n) is 4.61. The number of allylic oxidation sites excluding steroid dienone is 2. The lowest BCUT2D eigenvalue weighted by atomic mass is 9.93. The molecule has 102 valence electrons. The van der Waals surface area contributed by atoms with E-state index in [1.807, 2.05) is 0 Å². The minimum Gasteiger partial charge on any atom is -0.0616 e. The highest BCUT2D eigenvalue weighted by atomic mass is 14.2. The molecule has 0 saturated carbocycles. The molecule has 0 spiro atoms. The molecule has 0 saturated heterocycles. The summed E-state index contributed by atoms with van der Waals surface area (Å²) in [6, 6.07) is 19.8. The van der Waals surface area contributed by atoms with Crippen molar-refractivity contribution >= 4 is 34.6 Å². The molecule has 0 amide bonds. The average Bonchev–Trinajstić information content (AvgIpc) is 3.18. The summed E-state index contributed by atoms with van der Waals surface area (Å²) >= 11 is 0. The van der Waals surface area contributed by atoms with E-state index in [2.05, 4.69) is 85.0 Å². The molecule has 0 aromatic heterocycles. The van der Waals surface area contributed by atoms with Crippen molar-refractivity contribution in [1.82, 2.24) is 0 Å². The number of fused-ring (bicyclic) bond motifs is 3. The Balaban J connectivity index is 1.78. The van der Waals surface area contributed by atoms with Crippen molar-refractivity contribution in [3.05, 3.63) is 93.9 Å². The molecule has 22 heavy (non-hydrogen) atoms. The summed E-state index contributed by atoms with van der Waals surface area (Å²) in [6.07, 6.45) is 11.0. The Morgan fingerprint density at radius 1 is 0.636 bits per heavy atom. The van der Waals surface area contributed by atoms with Gasteiger partial charge in [-0.2, -0.15) is 0 Å². The zero-order chi connectivity index (χ0) is 14.5. The maximum atomic E-state index is 2.32. The fourth-order valence-electron chi connectivity index (χ4n) is 3.52. The normalized spacial score (nSPS) is 14.3. The van der Waals surface area contributed by atoms with E-state index in [0.29, 0.717) is 0 Å². The fraction of sp³-hybridized carbons (Fsp3) is 0. The Labute approximate surface area is 129 Å². The van der Waals surface area contributed by atoms with Gasteiger partial charge in [0.05, 0.1) is 0 Å². The molecule has 0 heterocycles. The zero-order valence-electron chi connectivity index (χ0n) is 12.1. The van der Waals surface area contributed by atoms with Crippen LogP contribution in [0, 0.1) is 0 Å². The summed E-state index contributed by atoms with van der Waals surface area (Å²) in [5, 5.41) is 5.26. The first kappa shape index (κ1) is 11.8. The smallest absolute Gasteiger partial charge is 0.00987 e. The Hall–Kier alpha value is -2.86. The van der Waals surface area contributed by atoms with E-state index < -0.39 is 0 Å². The van der Waals surface area contributed by atoms with Crippen molar-refractivity contribution in [3.63, 3.8) is 0 Å². The number of rotatable bonds is 1. The number of benzene rings is 3. The number of hydrogen-bond acceptors (Lipinski definition) is 0. The molecule has 0 heteroatoms. The van der Waals surface area contributed by atoms with Crippen LogP contribution in [0.3, 0.4) is 0 Å². The molecule has 3 aromatic rings. The highest BCUT2D eigenvalue weighted by molar-refractivity contribution is 6.00. The summed E-state index contributed by atoms with van der Waals surface area (Å²) in [6.45, 7) is 0. The SMILES string of the molecule is C1=Cc2cc3c(cc2=C1)C(c1cccc2ccccc12)=CC=3. The largest absolute Gasteiger partial charge is 0.0616 e. The van der Waals surface area contributed by atoms with E-state index in [9.17, 15) is 0 Å². The van der Waals surface area contributed by atoms with Crippen LogP contribution >= 0.6 is 0 Å². The minimum atomic E-state index is 1.30. The second kappa shape index (κ2) is 4.32. The van der Waals surface area contributed by atoms with Gasteiger partial charge in [0, 0.05) is 0 Å². The minimum absolute atomic E-state index is 1.30. The van der Waals surface area contributed by atoms with Gasteiger partial charge < -0.3 is 0 Å². The third-order valence-corrected chi connectivity index (χ3v) is 4.61. The van der Waals surface area contributed by atoms with Crippen LogP contribution in [0.15, 0.2) is 66.7 Å². The Morgan fingerprint density at radius 2 is 1.55 bits per heavy atom. The van der Waals surface area contributed by atoms with Gasteiger partial charge in [-0.25, -0.2) is 0 Å². The van der Waals surface area contributed by atoms with Crippen molar-refractivity contribution in [1.29, 1.82) is 0 Å². The van der Waals surface area contributed by atoms with Crippen molar-refractivity contribution < 1.29 is 0 Å². The van der Waals surface area contributed by atoms with Gasteiger partial charge >= 0.3 is 0 Å². The maximum Gasteiger partial charge on any atom is -0.00987 e. The molecule has 0 nitrogen and oxygen atoms in total. The summed E-state index contributed by atoms with van der Waals surface area (Å²) in [4.78, 5) is 0. The van der Waals surface area contributed by atoms with Crippen molar-refractivity contribution in [2.75, 3.05) is 0 Å². The second-order valence-electron chi connectivity index (χ2n) is 5.87. The lowest BCUT2D eigenvalue weighted by Crippen LogP contribution is -2.14. The van der Waals surface area contributed by atoms with Gasteiger partial charge in [0.1, 0.15) is 0 Å². The summed E-state index contributed by atoms with van der Waals surface area (Å²) in [7, 11) is 0. The van der Waals surface area contributed by atoms with Crippen molar-refractivity contribution in [3.8, 4) is 0 Å². The second-order valence-corrected chi connectivity index (χ2v) is 5.87. The van der Waals surface area contributed by atoms with Gasteiger partial charge in [0.15, 0.2) is 0 Å². The quantitative estimate of drug-likeness (QED) is 0.634.